The van der Waals surface area contributed by atoms with E-state index in [1.807, 2.05) is 0 Å². The van der Waals surface area contributed by atoms with Crippen molar-refractivity contribution in [3.05, 3.63) is 42.0 Å². The van der Waals surface area contributed by atoms with Gasteiger partial charge in [0.05, 0.1) is 0 Å². The van der Waals surface area contributed by atoms with Crippen molar-refractivity contribution in [2.75, 3.05) is 11.9 Å². The lowest BCUT2D eigenvalue weighted by atomic mass is 9.65. The van der Waals surface area contributed by atoms with Gasteiger partial charge in [-0.25, -0.2) is 4.79 Å². The molecule has 0 bridgehead atoms. The summed E-state index contributed by atoms with van der Waals surface area (Å²) in [5, 5.41) is 31.8. The van der Waals surface area contributed by atoms with E-state index in [9.17, 15) is 19.8 Å². The summed E-state index contributed by atoms with van der Waals surface area (Å²) < 4.78 is 0. The maximum absolute atomic E-state index is 12.7. The van der Waals surface area contributed by atoms with Gasteiger partial charge in [0, 0.05) is 25.0 Å². The maximum atomic E-state index is 12.7. The number of nitrogens with zero attached hydrogens (tertiary/aromatic N) is 1. The van der Waals surface area contributed by atoms with Gasteiger partial charge in [0.1, 0.15) is 17.0 Å². The fourth-order valence-corrected chi connectivity index (χ4v) is 5.98. The van der Waals surface area contributed by atoms with Crippen molar-refractivity contribution < 1.29 is 24.9 Å². The zero-order valence-electron chi connectivity index (χ0n) is 17.3. The topological polar surface area (TPSA) is 110 Å². The molecule has 0 aliphatic heterocycles. The Morgan fingerprint density at radius 3 is 2.16 bits per heavy atom. The lowest BCUT2D eigenvalue weighted by molar-refractivity contribution is -0.118. The molecule has 7 nitrogen and oxygen atoms in total. The molecule has 4 aliphatic rings. The molecule has 0 radical (unpaired) electrons. The summed E-state index contributed by atoms with van der Waals surface area (Å²) in [4.78, 5) is 26.4. The van der Waals surface area contributed by atoms with Gasteiger partial charge in [-0.1, -0.05) is 24.3 Å². The molecule has 7 heteroatoms. The first-order chi connectivity index (χ1) is 14.9. The Kier molecular flexibility index (Phi) is 5.01. The Balaban J connectivity index is 1.27. The van der Waals surface area contributed by atoms with Crippen molar-refractivity contribution in [3.63, 3.8) is 0 Å². The number of hydrogen-bond acceptors (Lipinski definition) is 5. The molecule has 4 N–H and O–H groups in total. The number of carbonyl (C=O) groups is 2. The average molecular weight is 424 g/mol. The number of rotatable bonds is 7. The van der Waals surface area contributed by atoms with Crippen molar-refractivity contribution in [1.29, 1.82) is 0 Å². The second-order valence-electron chi connectivity index (χ2n) is 9.31. The van der Waals surface area contributed by atoms with Gasteiger partial charge in [-0.15, -0.1) is 0 Å². The van der Waals surface area contributed by atoms with Crippen molar-refractivity contribution in [1.82, 2.24) is 4.90 Å². The molecule has 0 aromatic heterocycles. The summed E-state index contributed by atoms with van der Waals surface area (Å²) in [6, 6.07) is 3.20. The first kappa shape index (κ1) is 20.1. The van der Waals surface area contributed by atoms with E-state index in [4.69, 9.17) is 5.11 Å². The lowest BCUT2D eigenvalue weighted by Gasteiger charge is -2.55. The van der Waals surface area contributed by atoms with Gasteiger partial charge in [0.15, 0.2) is 5.75 Å². The Morgan fingerprint density at radius 1 is 1.00 bits per heavy atom. The third kappa shape index (κ3) is 3.41. The number of aromatic hydroxyl groups is 2. The first-order valence-corrected chi connectivity index (χ1v) is 11.1. The molecule has 1 aromatic rings. The van der Waals surface area contributed by atoms with E-state index in [0.717, 1.165) is 36.8 Å². The Labute approximate surface area is 181 Å². The van der Waals surface area contributed by atoms with Crippen LogP contribution < -0.4 is 5.32 Å². The number of carboxylic acid groups (broad SMARTS) is 1. The number of allylic oxidation sites excluding steroid dienone is 2. The normalized spacial score (nSPS) is 32.3. The molecule has 6 atom stereocenters. The van der Waals surface area contributed by atoms with Crippen LogP contribution in [0.25, 0.3) is 0 Å². The minimum atomic E-state index is -1.33. The van der Waals surface area contributed by atoms with Gasteiger partial charge in [-0.2, -0.15) is 0 Å². The van der Waals surface area contributed by atoms with E-state index in [1.165, 1.54) is 12.8 Å². The van der Waals surface area contributed by atoms with Crippen LogP contribution in [0.4, 0.5) is 5.69 Å². The Bertz CT molecular complexity index is 937. The summed E-state index contributed by atoms with van der Waals surface area (Å²) in [6.45, 7) is 0.607. The Morgan fingerprint density at radius 2 is 1.61 bits per heavy atom. The van der Waals surface area contributed by atoms with Crippen LogP contribution in [-0.4, -0.2) is 50.7 Å². The highest BCUT2D eigenvalue weighted by molar-refractivity contribution is 5.99. The molecule has 5 rings (SSSR count). The largest absolute Gasteiger partial charge is 0.506 e. The molecule has 4 aliphatic carbocycles. The highest BCUT2D eigenvalue weighted by Crippen LogP contribution is 2.51. The van der Waals surface area contributed by atoms with Crippen LogP contribution in [0.5, 0.6) is 11.5 Å². The summed E-state index contributed by atoms with van der Waals surface area (Å²) in [5.41, 5.74) is -0.613. The lowest BCUT2D eigenvalue weighted by Crippen LogP contribution is -2.60. The van der Waals surface area contributed by atoms with Crippen LogP contribution >= 0.6 is 0 Å². The van der Waals surface area contributed by atoms with Gasteiger partial charge in [-0.3, -0.25) is 9.69 Å². The predicted molar refractivity (Wildman–Crippen MR) is 115 cm³/mol. The summed E-state index contributed by atoms with van der Waals surface area (Å²) >= 11 is 0. The van der Waals surface area contributed by atoms with Crippen LogP contribution in [0.1, 0.15) is 42.5 Å². The number of carbonyl (C=O) groups excluding carboxylic acids is 1. The van der Waals surface area contributed by atoms with E-state index in [0.29, 0.717) is 30.5 Å². The molecule has 1 aromatic carbocycles. The number of anilines is 1. The maximum Gasteiger partial charge on any atom is 0.339 e. The van der Waals surface area contributed by atoms with Crippen molar-refractivity contribution in [3.8, 4) is 11.5 Å². The Hall–Kier alpha value is -2.80. The van der Waals surface area contributed by atoms with Crippen LogP contribution in [-0.2, 0) is 4.79 Å². The standard InChI is InChI=1S/C24H28N2O5/c27-20-8-7-17(24(30)31)23(29)22(20)25-21(28)9-10-26(18-11-13-3-1-5-15(13)18)19-12-14-4-2-6-16(14)19/h1-2,5-8,13-16,18-19,27,29H,3-4,9-12H2,(H,25,28)(H,30,31). The average Bonchev–Trinajstić information content (AvgIpc) is 3.25. The first-order valence-electron chi connectivity index (χ1n) is 11.1. The van der Waals surface area contributed by atoms with E-state index in [1.54, 1.807) is 0 Å². The van der Waals surface area contributed by atoms with Crippen LogP contribution in [0.15, 0.2) is 36.4 Å². The number of carboxylic acids is 1. The number of nitrogens with one attached hydrogen (secondary N) is 1. The molecule has 0 heterocycles. The third-order valence-electron chi connectivity index (χ3n) is 7.76. The predicted octanol–water partition coefficient (Wildman–Crippen LogP) is 3.36. The molecular weight excluding hydrogens is 396 g/mol. The van der Waals surface area contributed by atoms with E-state index < -0.39 is 11.7 Å². The molecule has 164 valence electrons. The number of fused-ring (bicyclic) bond motifs is 2. The highest BCUT2D eigenvalue weighted by atomic mass is 16.4. The second kappa shape index (κ2) is 7.71. The number of phenols is 2. The van der Waals surface area contributed by atoms with Gasteiger partial charge in [0.25, 0.3) is 0 Å². The van der Waals surface area contributed by atoms with E-state index in [2.05, 4.69) is 34.5 Å². The number of aromatic carboxylic acids is 1. The third-order valence-corrected chi connectivity index (χ3v) is 7.76. The minimum absolute atomic E-state index is 0.214. The smallest absolute Gasteiger partial charge is 0.339 e. The zero-order valence-corrected chi connectivity index (χ0v) is 17.3. The van der Waals surface area contributed by atoms with Gasteiger partial charge < -0.3 is 20.6 Å². The zero-order chi connectivity index (χ0) is 21.7. The van der Waals surface area contributed by atoms with Crippen molar-refractivity contribution in [2.24, 2.45) is 23.7 Å². The summed E-state index contributed by atoms with van der Waals surface area (Å²) in [6.07, 6.45) is 14.1. The number of hydrogen-bond donors (Lipinski definition) is 4. The number of amides is 1. The molecule has 0 saturated heterocycles. The van der Waals surface area contributed by atoms with E-state index >= 15 is 0 Å². The van der Waals surface area contributed by atoms with Crippen molar-refractivity contribution >= 4 is 17.6 Å². The van der Waals surface area contributed by atoms with Gasteiger partial charge in [0.2, 0.25) is 5.91 Å². The van der Waals surface area contributed by atoms with Crippen LogP contribution in [0.3, 0.4) is 0 Å². The second-order valence-corrected chi connectivity index (χ2v) is 9.31. The molecule has 6 unspecified atom stereocenters. The molecule has 1 amide bonds. The molecule has 0 spiro atoms. The summed E-state index contributed by atoms with van der Waals surface area (Å²) in [5.74, 6) is -0.0352. The molecular formula is C24H28N2O5. The van der Waals surface area contributed by atoms with Crippen molar-refractivity contribution in [2.45, 2.75) is 44.2 Å². The quantitative estimate of drug-likeness (QED) is 0.395. The highest BCUT2D eigenvalue weighted by Gasteiger charge is 2.51. The van der Waals surface area contributed by atoms with Crippen LogP contribution in [0.2, 0.25) is 0 Å². The van der Waals surface area contributed by atoms with Gasteiger partial charge >= 0.3 is 5.97 Å². The monoisotopic (exact) mass is 424 g/mol. The molecule has 2 saturated carbocycles. The number of benzene rings is 1. The fourth-order valence-electron chi connectivity index (χ4n) is 5.98. The van der Waals surface area contributed by atoms with Gasteiger partial charge in [-0.05, 0) is 61.5 Å². The SMILES string of the molecule is O=C(CCN(C1CC2CC=CC21)C1CC2CC=CC21)Nc1c(O)ccc(C(=O)O)c1O. The minimum Gasteiger partial charge on any atom is -0.506 e. The molecule has 31 heavy (non-hydrogen) atoms. The molecule has 2 fully saturated rings. The fraction of sp³-hybridized carbons (Fsp3) is 0.500. The summed E-state index contributed by atoms with van der Waals surface area (Å²) in [7, 11) is 0. The van der Waals surface area contributed by atoms with E-state index in [-0.39, 0.29) is 29.3 Å². The number of phenolic OH excluding ortho intramolecular Hbond substituents is 1. The van der Waals surface area contributed by atoms with Crippen LogP contribution in [0, 0.1) is 23.7 Å².